The Hall–Kier alpha value is -0.610. The lowest BCUT2D eigenvalue weighted by Crippen LogP contribution is -2.49. The average molecular weight is 257 g/mol. The van der Waals surface area contributed by atoms with Gasteiger partial charge in [-0.05, 0) is 38.9 Å². The van der Waals surface area contributed by atoms with Crippen molar-refractivity contribution in [2.45, 2.75) is 58.9 Å². The zero-order valence-electron chi connectivity index (χ0n) is 12.4. The van der Waals surface area contributed by atoms with Crippen molar-refractivity contribution in [1.82, 2.24) is 10.2 Å². The third kappa shape index (κ3) is 8.48. The van der Waals surface area contributed by atoms with Gasteiger partial charge in [-0.3, -0.25) is 4.79 Å². The maximum atomic E-state index is 11.4. The fourth-order valence-corrected chi connectivity index (χ4v) is 1.89. The summed E-state index contributed by atoms with van der Waals surface area (Å²) in [4.78, 5) is 13.8. The van der Waals surface area contributed by atoms with Crippen LogP contribution in [0.2, 0.25) is 0 Å². The van der Waals surface area contributed by atoms with Crippen molar-refractivity contribution in [3.63, 3.8) is 0 Å². The monoisotopic (exact) mass is 257 g/mol. The molecule has 0 aliphatic rings. The summed E-state index contributed by atoms with van der Waals surface area (Å²) >= 11 is 0. The molecule has 1 amide bonds. The minimum Gasteiger partial charge on any atom is -0.368 e. The Morgan fingerprint density at radius 1 is 1.11 bits per heavy atom. The van der Waals surface area contributed by atoms with E-state index in [-0.39, 0.29) is 11.9 Å². The number of nitrogens with two attached hydrogens (primary N) is 1. The number of primary amides is 1. The first kappa shape index (κ1) is 17.4. The number of unbranched alkanes of at least 4 members (excludes halogenated alkanes) is 2. The molecule has 108 valence electrons. The van der Waals surface area contributed by atoms with Gasteiger partial charge in [-0.2, -0.15) is 0 Å². The summed E-state index contributed by atoms with van der Waals surface area (Å²) in [5.41, 5.74) is 5.45. The lowest BCUT2D eigenvalue weighted by molar-refractivity contribution is -0.120. The first-order valence-electron chi connectivity index (χ1n) is 7.40. The van der Waals surface area contributed by atoms with E-state index in [4.69, 9.17) is 5.73 Å². The molecule has 0 saturated heterocycles. The van der Waals surface area contributed by atoms with Gasteiger partial charge in [0.1, 0.15) is 0 Å². The highest BCUT2D eigenvalue weighted by Gasteiger charge is 2.17. The Bertz CT molecular complexity index is 201. The molecule has 0 aromatic carbocycles. The topological polar surface area (TPSA) is 58.4 Å². The molecular weight excluding hydrogens is 226 g/mol. The van der Waals surface area contributed by atoms with Crippen molar-refractivity contribution in [3.05, 3.63) is 0 Å². The van der Waals surface area contributed by atoms with Gasteiger partial charge in [-0.15, -0.1) is 0 Å². The van der Waals surface area contributed by atoms with Gasteiger partial charge in [0.15, 0.2) is 0 Å². The third-order valence-electron chi connectivity index (χ3n) is 3.08. The second kappa shape index (κ2) is 11.5. The minimum absolute atomic E-state index is 0.210. The van der Waals surface area contributed by atoms with Crippen LogP contribution in [0.1, 0.15) is 52.9 Å². The maximum absolute atomic E-state index is 11.4. The molecule has 4 heteroatoms. The van der Waals surface area contributed by atoms with Crippen LogP contribution in [0, 0.1) is 0 Å². The fraction of sp³-hybridized carbons (Fsp3) is 0.929. The predicted octanol–water partition coefficient (Wildman–Crippen LogP) is 1.74. The van der Waals surface area contributed by atoms with Crippen LogP contribution in [0.4, 0.5) is 0 Å². The number of carbonyl (C=O) groups is 1. The van der Waals surface area contributed by atoms with Crippen LogP contribution < -0.4 is 11.1 Å². The Morgan fingerprint density at radius 2 is 1.67 bits per heavy atom. The van der Waals surface area contributed by atoms with Gasteiger partial charge in [-0.25, -0.2) is 0 Å². The van der Waals surface area contributed by atoms with Crippen molar-refractivity contribution in [2.75, 3.05) is 26.2 Å². The normalized spacial score (nSPS) is 12.9. The van der Waals surface area contributed by atoms with Crippen molar-refractivity contribution in [2.24, 2.45) is 5.73 Å². The largest absolute Gasteiger partial charge is 0.368 e. The Kier molecular flexibility index (Phi) is 11.1. The minimum atomic E-state index is -0.235. The predicted molar refractivity (Wildman–Crippen MR) is 77.5 cm³/mol. The molecular formula is C14H31N3O. The molecule has 0 bridgehead atoms. The van der Waals surface area contributed by atoms with Crippen LogP contribution >= 0.6 is 0 Å². The second-order valence-corrected chi connectivity index (χ2v) is 4.92. The molecule has 0 heterocycles. The van der Waals surface area contributed by atoms with Crippen molar-refractivity contribution in [1.29, 1.82) is 0 Å². The molecule has 1 unspecified atom stereocenters. The molecule has 0 aliphatic heterocycles. The summed E-state index contributed by atoms with van der Waals surface area (Å²) < 4.78 is 0. The molecule has 0 aliphatic carbocycles. The highest BCUT2D eigenvalue weighted by molar-refractivity contribution is 5.80. The number of nitrogens with zero attached hydrogens (tertiary/aromatic N) is 1. The maximum Gasteiger partial charge on any atom is 0.235 e. The van der Waals surface area contributed by atoms with Gasteiger partial charge in [0, 0.05) is 6.54 Å². The Balaban J connectivity index is 4.23. The van der Waals surface area contributed by atoms with E-state index in [9.17, 15) is 4.79 Å². The summed E-state index contributed by atoms with van der Waals surface area (Å²) in [5.74, 6) is -0.235. The van der Waals surface area contributed by atoms with E-state index < -0.39 is 0 Å². The van der Waals surface area contributed by atoms with Crippen LogP contribution in [0.3, 0.4) is 0 Å². The average Bonchev–Trinajstić information content (AvgIpc) is 2.36. The lowest BCUT2D eigenvalue weighted by atomic mass is 10.2. The second-order valence-electron chi connectivity index (χ2n) is 4.92. The molecule has 4 nitrogen and oxygen atoms in total. The molecule has 18 heavy (non-hydrogen) atoms. The lowest BCUT2D eigenvalue weighted by Gasteiger charge is -2.26. The molecule has 0 aromatic heterocycles. The SMILES string of the molecule is CCCCN(CCCC)CC(NCCC)C(N)=O. The number of hydrogen-bond acceptors (Lipinski definition) is 3. The first-order chi connectivity index (χ1) is 8.65. The summed E-state index contributed by atoms with van der Waals surface area (Å²) in [7, 11) is 0. The zero-order chi connectivity index (χ0) is 13.8. The highest BCUT2D eigenvalue weighted by atomic mass is 16.1. The number of nitrogens with one attached hydrogen (secondary N) is 1. The molecule has 0 saturated carbocycles. The number of rotatable bonds is 12. The standard InChI is InChI=1S/C14H31N3O/c1-4-7-10-17(11-8-5-2)12-13(14(15)18)16-9-6-3/h13,16H,4-12H2,1-3H3,(H2,15,18). The van der Waals surface area contributed by atoms with Crippen LogP contribution in [0.5, 0.6) is 0 Å². The number of hydrogen-bond donors (Lipinski definition) is 2. The van der Waals surface area contributed by atoms with Gasteiger partial charge >= 0.3 is 0 Å². The summed E-state index contributed by atoms with van der Waals surface area (Å²) in [5, 5.41) is 3.24. The first-order valence-corrected chi connectivity index (χ1v) is 7.40. The fourth-order valence-electron chi connectivity index (χ4n) is 1.89. The van der Waals surface area contributed by atoms with Gasteiger partial charge < -0.3 is 16.0 Å². The van der Waals surface area contributed by atoms with Gasteiger partial charge in [0.25, 0.3) is 0 Å². The van der Waals surface area contributed by atoms with Crippen LogP contribution in [0.25, 0.3) is 0 Å². The van der Waals surface area contributed by atoms with E-state index in [1.165, 1.54) is 25.7 Å². The summed E-state index contributed by atoms with van der Waals surface area (Å²) in [6, 6.07) is -0.210. The smallest absolute Gasteiger partial charge is 0.235 e. The van der Waals surface area contributed by atoms with E-state index in [0.717, 1.165) is 32.6 Å². The summed E-state index contributed by atoms with van der Waals surface area (Å²) in [6.07, 6.45) is 5.76. The van der Waals surface area contributed by atoms with Crippen LogP contribution in [0.15, 0.2) is 0 Å². The van der Waals surface area contributed by atoms with Gasteiger partial charge in [-0.1, -0.05) is 33.6 Å². The molecule has 1 atom stereocenters. The molecule has 0 aromatic rings. The van der Waals surface area contributed by atoms with Crippen molar-refractivity contribution in [3.8, 4) is 0 Å². The van der Waals surface area contributed by atoms with E-state index in [0.29, 0.717) is 0 Å². The molecule has 3 N–H and O–H groups in total. The molecule has 0 rings (SSSR count). The Morgan fingerprint density at radius 3 is 2.06 bits per heavy atom. The van der Waals surface area contributed by atoms with E-state index >= 15 is 0 Å². The third-order valence-corrected chi connectivity index (χ3v) is 3.08. The van der Waals surface area contributed by atoms with Gasteiger partial charge in [0.2, 0.25) is 5.91 Å². The van der Waals surface area contributed by atoms with E-state index in [2.05, 4.69) is 31.0 Å². The molecule has 0 spiro atoms. The van der Waals surface area contributed by atoms with Crippen LogP contribution in [-0.2, 0) is 4.79 Å². The molecule has 0 fully saturated rings. The van der Waals surface area contributed by atoms with Crippen molar-refractivity contribution < 1.29 is 4.79 Å². The summed E-state index contributed by atoms with van der Waals surface area (Å²) in [6.45, 7) is 10.2. The number of amides is 1. The number of carbonyl (C=O) groups excluding carboxylic acids is 1. The zero-order valence-corrected chi connectivity index (χ0v) is 12.4. The van der Waals surface area contributed by atoms with Crippen LogP contribution in [-0.4, -0.2) is 43.0 Å². The van der Waals surface area contributed by atoms with E-state index in [1.807, 2.05) is 0 Å². The highest BCUT2D eigenvalue weighted by Crippen LogP contribution is 2.01. The van der Waals surface area contributed by atoms with Gasteiger partial charge in [0.05, 0.1) is 6.04 Å². The quantitative estimate of drug-likeness (QED) is 0.560. The Labute approximate surface area is 112 Å². The molecule has 0 radical (unpaired) electrons. The van der Waals surface area contributed by atoms with Crippen molar-refractivity contribution >= 4 is 5.91 Å². The van der Waals surface area contributed by atoms with E-state index in [1.54, 1.807) is 0 Å².